The van der Waals surface area contributed by atoms with E-state index in [4.69, 9.17) is 5.73 Å². The molecule has 0 aliphatic carbocycles. The molecule has 2 atom stereocenters. The Morgan fingerprint density at radius 2 is 2.09 bits per heavy atom. The summed E-state index contributed by atoms with van der Waals surface area (Å²) in [6.45, 7) is 5.44. The van der Waals surface area contributed by atoms with Crippen molar-refractivity contribution in [1.29, 1.82) is 0 Å². The van der Waals surface area contributed by atoms with Crippen LogP contribution in [0.3, 0.4) is 0 Å². The maximum atomic E-state index is 9.69. The number of aliphatic hydroxyl groups is 1. The molecule has 0 aromatic heterocycles. The highest BCUT2D eigenvalue weighted by molar-refractivity contribution is 5.20. The average molecular weight is 157 g/mol. The van der Waals surface area contributed by atoms with Crippen molar-refractivity contribution in [3.05, 3.63) is 11.3 Å². The van der Waals surface area contributed by atoms with E-state index in [2.05, 4.69) is 10.6 Å². The monoisotopic (exact) mass is 157 g/mol. The Bertz CT molecular complexity index is 198. The van der Waals surface area contributed by atoms with Gasteiger partial charge in [-0.1, -0.05) is 0 Å². The van der Waals surface area contributed by atoms with Crippen LogP contribution in [0.4, 0.5) is 0 Å². The zero-order valence-electron chi connectivity index (χ0n) is 7.10. The van der Waals surface area contributed by atoms with E-state index in [1.165, 1.54) is 0 Å². The number of allylic oxidation sites excluding steroid dienone is 1. The fourth-order valence-electron chi connectivity index (χ4n) is 1.15. The second kappa shape index (κ2) is 2.48. The van der Waals surface area contributed by atoms with Gasteiger partial charge in [0.05, 0.1) is 0 Å². The molecule has 0 aromatic rings. The van der Waals surface area contributed by atoms with Crippen molar-refractivity contribution in [1.82, 2.24) is 10.6 Å². The van der Waals surface area contributed by atoms with Crippen molar-refractivity contribution in [2.45, 2.75) is 32.8 Å². The van der Waals surface area contributed by atoms with Gasteiger partial charge in [-0.25, -0.2) is 0 Å². The fraction of sp³-hybridized carbons (Fsp3) is 0.714. The van der Waals surface area contributed by atoms with E-state index in [1.807, 2.05) is 13.8 Å². The maximum Gasteiger partial charge on any atom is 0.139 e. The summed E-state index contributed by atoms with van der Waals surface area (Å²) >= 11 is 0. The highest BCUT2D eigenvalue weighted by Gasteiger charge is 2.30. The Morgan fingerprint density at radius 3 is 2.55 bits per heavy atom. The zero-order chi connectivity index (χ0) is 8.65. The molecular weight excluding hydrogens is 142 g/mol. The fourth-order valence-corrected chi connectivity index (χ4v) is 1.15. The maximum absolute atomic E-state index is 9.69. The molecule has 0 spiro atoms. The number of nitrogens with two attached hydrogens (primary N) is 1. The third kappa shape index (κ3) is 1.53. The molecule has 2 unspecified atom stereocenters. The third-order valence-electron chi connectivity index (χ3n) is 2.10. The first kappa shape index (κ1) is 8.52. The van der Waals surface area contributed by atoms with Crippen LogP contribution < -0.4 is 16.4 Å². The van der Waals surface area contributed by atoms with Crippen LogP contribution in [0.5, 0.6) is 0 Å². The van der Waals surface area contributed by atoms with E-state index >= 15 is 0 Å². The van der Waals surface area contributed by atoms with E-state index in [-0.39, 0.29) is 6.29 Å². The van der Waals surface area contributed by atoms with Gasteiger partial charge in [-0.3, -0.25) is 11.1 Å². The van der Waals surface area contributed by atoms with E-state index in [9.17, 15) is 5.11 Å². The predicted molar refractivity (Wildman–Crippen MR) is 43.2 cm³/mol. The van der Waals surface area contributed by atoms with E-state index < -0.39 is 5.72 Å². The smallest absolute Gasteiger partial charge is 0.139 e. The standard InChI is InChI=1S/C7H15N3O/c1-4-5(2)9-6(8)10-7(4,3)11/h6,9-11H,8H2,1-3H3. The van der Waals surface area contributed by atoms with E-state index in [0.717, 1.165) is 11.3 Å². The molecule has 1 aliphatic rings. The van der Waals surface area contributed by atoms with Gasteiger partial charge in [0.15, 0.2) is 0 Å². The Labute approximate surface area is 66.5 Å². The number of nitrogens with one attached hydrogen (secondary N) is 2. The zero-order valence-corrected chi connectivity index (χ0v) is 7.10. The van der Waals surface area contributed by atoms with Crippen molar-refractivity contribution in [3.8, 4) is 0 Å². The lowest BCUT2D eigenvalue weighted by atomic mass is 10.0. The lowest BCUT2D eigenvalue weighted by molar-refractivity contribution is 0.0348. The molecule has 1 heterocycles. The summed E-state index contributed by atoms with van der Waals surface area (Å²) in [5.41, 5.74) is 6.38. The molecule has 0 amide bonds. The summed E-state index contributed by atoms with van der Waals surface area (Å²) in [5, 5.41) is 15.5. The van der Waals surface area contributed by atoms with Crippen LogP contribution in [-0.2, 0) is 0 Å². The number of rotatable bonds is 0. The van der Waals surface area contributed by atoms with Crippen molar-refractivity contribution in [2.75, 3.05) is 0 Å². The molecule has 5 N–H and O–H groups in total. The minimum atomic E-state index is -0.977. The first-order chi connectivity index (χ1) is 4.93. The van der Waals surface area contributed by atoms with Gasteiger partial charge in [0.25, 0.3) is 0 Å². The molecule has 4 nitrogen and oxygen atoms in total. The molecule has 4 heteroatoms. The molecule has 64 valence electrons. The SMILES string of the molecule is CC1=C(C)C(C)(O)NC(N)N1. The van der Waals surface area contributed by atoms with Crippen LogP contribution in [0, 0.1) is 0 Å². The Balaban J connectivity index is 2.93. The van der Waals surface area contributed by atoms with Gasteiger partial charge in [-0.15, -0.1) is 0 Å². The molecule has 1 rings (SSSR count). The summed E-state index contributed by atoms with van der Waals surface area (Å²) in [6, 6.07) is 0. The van der Waals surface area contributed by atoms with Crippen molar-refractivity contribution in [3.63, 3.8) is 0 Å². The highest BCUT2D eigenvalue weighted by Crippen LogP contribution is 2.18. The third-order valence-corrected chi connectivity index (χ3v) is 2.10. The molecule has 0 saturated heterocycles. The van der Waals surface area contributed by atoms with Crippen LogP contribution in [-0.4, -0.2) is 17.1 Å². The first-order valence-electron chi connectivity index (χ1n) is 3.63. The second-order valence-corrected chi connectivity index (χ2v) is 3.09. The summed E-state index contributed by atoms with van der Waals surface area (Å²) < 4.78 is 0. The van der Waals surface area contributed by atoms with Gasteiger partial charge >= 0.3 is 0 Å². The topological polar surface area (TPSA) is 70.3 Å². The van der Waals surface area contributed by atoms with Crippen LogP contribution in [0.2, 0.25) is 0 Å². The van der Waals surface area contributed by atoms with Gasteiger partial charge in [0.1, 0.15) is 12.0 Å². The summed E-state index contributed by atoms with van der Waals surface area (Å²) in [5.74, 6) is 0. The number of hydrogen-bond donors (Lipinski definition) is 4. The van der Waals surface area contributed by atoms with E-state index in [0.29, 0.717) is 0 Å². The van der Waals surface area contributed by atoms with Crippen LogP contribution in [0.15, 0.2) is 11.3 Å². The normalized spacial score (nSPS) is 38.8. The van der Waals surface area contributed by atoms with Crippen LogP contribution in [0.25, 0.3) is 0 Å². The molecule has 11 heavy (non-hydrogen) atoms. The lowest BCUT2D eigenvalue weighted by Crippen LogP contribution is -2.62. The molecular formula is C7H15N3O. The molecule has 0 bridgehead atoms. The summed E-state index contributed by atoms with van der Waals surface area (Å²) in [7, 11) is 0. The quantitative estimate of drug-likeness (QED) is 0.380. The Kier molecular flexibility index (Phi) is 1.92. The van der Waals surface area contributed by atoms with Crippen molar-refractivity contribution >= 4 is 0 Å². The van der Waals surface area contributed by atoms with Gasteiger partial charge in [0.2, 0.25) is 0 Å². The van der Waals surface area contributed by atoms with Gasteiger partial charge in [0, 0.05) is 5.70 Å². The van der Waals surface area contributed by atoms with Crippen LogP contribution >= 0.6 is 0 Å². The first-order valence-corrected chi connectivity index (χ1v) is 3.63. The molecule has 0 fully saturated rings. The highest BCUT2D eigenvalue weighted by atomic mass is 16.3. The summed E-state index contributed by atoms with van der Waals surface area (Å²) in [4.78, 5) is 0. The van der Waals surface area contributed by atoms with Crippen molar-refractivity contribution in [2.24, 2.45) is 5.73 Å². The molecule has 0 radical (unpaired) electrons. The number of hydrogen-bond acceptors (Lipinski definition) is 4. The van der Waals surface area contributed by atoms with Crippen molar-refractivity contribution < 1.29 is 5.11 Å². The average Bonchev–Trinajstić information content (AvgIpc) is 1.81. The molecule has 1 aliphatic heterocycles. The predicted octanol–water partition coefficient (Wildman–Crippen LogP) is -0.576. The van der Waals surface area contributed by atoms with Gasteiger partial charge < -0.3 is 10.4 Å². The minimum absolute atomic E-state index is 0.367. The van der Waals surface area contributed by atoms with Gasteiger partial charge in [-0.05, 0) is 26.3 Å². The lowest BCUT2D eigenvalue weighted by Gasteiger charge is -2.36. The summed E-state index contributed by atoms with van der Waals surface area (Å²) in [6.07, 6.45) is -0.367. The molecule has 0 aromatic carbocycles. The Morgan fingerprint density at radius 1 is 1.55 bits per heavy atom. The Hall–Kier alpha value is -0.580. The van der Waals surface area contributed by atoms with Crippen LogP contribution in [0.1, 0.15) is 20.8 Å². The van der Waals surface area contributed by atoms with Gasteiger partial charge in [-0.2, -0.15) is 0 Å². The second-order valence-electron chi connectivity index (χ2n) is 3.09. The van der Waals surface area contributed by atoms with E-state index in [1.54, 1.807) is 6.92 Å². The largest absolute Gasteiger partial charge is 0.372 e. The molecule has 0 saturated carbocycles. The minimum Gasteiger partial charge on any atom is -0.372 e.